The molecule has 13 heteroatoms. The van der Waals surface area contributed by atoms with E-state index >= 15 is 0 Å². The van der Waals surface area contributed by atoms with Crippen molar-refractivity contribution < 1.29 is 31.1 Å². The van der Waals surface area contributed by atoms with Crippen LogP contribution in [0.25, 0.3) is 11.4 Å². The van der Waals surface area contributed by atoms with Crippen molar-refractivity contribution in [1.29, 1.82) is 0 Å². The average Bonchev–Trinajstić information content (AvgIpc) is 3.00. The van der Waals surface area contributed by atoms with E-state index in [9.17, 15) is 26.4 Å². The van der Waals surface area contributed by atoms with Crippen LogP contribution in [0.2, 0.25) is 0 Å². The fourth-order valence-corrected chi connectivity index (χ4v) is 4.15. The van der Waals surface area contributed by atoms with Gasteiger partial charge >= 0.3 is 6.36 Å². The summed E-state index contributed by atoms with van der Waals surface area (Å²) in [5, 5.41) is 8.69. The summed E-state index contributed by atoms with van der Waals surface area (Å²) >= 11 is 0. The van der Waals surface area contributed by atoms with Crippen LogP contribution in [-0.4, -0.2) is 58.0 Å². The van der Waals surface area contributed by atoms with Crippen LogP contribution in [0.1, 0.15) is 20.3 Å². The van der Waals surface area contributed by atoms with Crippen LogP contribution in [0.15, 0.2) is 24.3 Å². The van der Waals surface area contributed by atoms with Gasteiger partial charge in [0.2, 0.25) is 21.9 Å². The van der Waals surface area contributed by atoms with E-state index in [1.54, 1.807) is 0 Å². The highest BCUT2D eigenvalue weighted by Gasteiger charge is 2.47. The number of H-pyrrole nitrogens is 1. The third kappa shape index (κ3) is 4.34. The van der Waals surface area contributed by atoms with Crippen molar-refractivity contribution in [3.05, 3.63) is 24.3 Å². The number of sulfonamides is 1. The van der Waals surface area contributed by atoms with Crippen molar-refractivity contribution in [2.75, 3.05) is 18.4 Å². The molecule has 0 unspecified atom stereocenters. The quantitative estimate of drug-likeness (QED) is 0.721. The number of hydrogen-bond donors (Lipinski definition) is 2. The summed E-state index contributed by atoms with van der Waals surface area (Å²) in [4.78, 5) is 16.5. The molecule has 0 radical (unpaired) electrons. The molecule has 1 amide bonds. The SMILES string of the molecule is CC(C)(C(=O)Nc1n[nH]c(-c2ccc(OC(F)(F)F)cc2)n1)S(=O)(=O)N1CCC1. The van der Waals surface area contributed by atoms with Crippen molar-refractivity contribution in [3.8, 4) is 17.1 Å². The monoisotopic (exact) mass is 433 g/mol. The molecule has 2 aromatic rings. The molecule has 0 aliphatic carbocycles. The van der Waals surface area contributed by atoms with E-state index in [0.29, 0.717) is 18.7 Å². The van der Waals surface area contributed by atoms with Crippen LogP contribution in [0, 0.1) is 0 Å². The van der Waals surface area contributed by atoms with Gasteiger partial charge in [-0.1, -0.05) is 0 Å². The molecule has 1 aromatic carbocycles. The first-order chi connectivity index (χ1) is 13.4. The van der Waals surface area contributed by atoms with Crippen molar-refractivity contribution in [2.24, 2.45) is 0 Å². The van der Waals surface area contributed by atoms with E-state index in [4.69, 9.17) is 0 Å². The lowest BCUT2D eigenvalue weighted by Crippen LogP contribution is -2.55. The molecule has 1 aliphatic rings. The number of rotatable bonds is 6. The summed E-state index contributed by atoms with van der Waals surface area (Å²) in [7, 11) is -3.84. The number of nitrogens with zero attached hydrogens (tertiary/aromatic N) is 3. The van der Waals surface area contributed by atoms with Gasteiger partial charge in [0.25, 0.3) is 0 Å². The molecule has 158 valence electrons. The minimum absolute atomic E-state index is 0.160. The molecule has 0 bridgehead atoms. The Balaban J connectivity index is 1.71. The van der Waals surface area contributed by atoms with E-state index in [-0.39, 0.29) is 11.8 Å². The molecule has 2 N–H and O–H groups in total. The molecule has 1 fully saturated rings. The Bertz CT molecular complexity index is 998. The number of alkyl halides is 3. The summed E-state index contributed by atoms with van der Waals surface area (Å²) in [6.07, 6.45) is -4.05. The zero-order valence-electron chi connectivity index (χ0n) is 15.4. The van der Waals surface area contributed by atoms with Gasteiger partial charge in [-0.25, -0.2) is 12.7 Å². The molecule has 0 atom stereocenters. The number of benzene rings is 1. The van der Waals surface area contributed by atoms with Crippen molar-refractivity contribution in [2.45, 2.75) is 31.4 Å². The Labute approximate surface area is 164 Å². The van der Waals surface area contributed by atoms with Gasteiger partial charge in [0.05, 0.1) is 0 Å². The summed E-state index contributed by atoms with van der Waals surface area (Å²) < 4.78 is 65.0. The number of carbonyl (C=O) groups is 1. The fraction of sp³-hybridized carbons (Fsp3) is 0.438. The van der Waals surface area contributed by atoms with E-state index in [1.807, 2.05) is 0 Å². The van der Waals surface area contributed by atoms with Crippen molar-refractivity contribution >= 4 is 21.9 Å². The first-order valence-electron chi connectivity index (χ1n) is 8.50. The second kappa shape index (κ2) is 7.30. The van der Waals surface area contributed by atoms with Crippen molar-refractivity contribution in [1.82, 2.24) is 19.5 Å². The summed E-state index contributed by atoms with van der Waals surface area (Å²) in [6.45, 7) is 3.33. The molecule has 3 rings (SSSR count). The number of halogens is 3. The number of nitrogens with one attached hydrogen (secondary N) is 2. The number of hydrogen-bond acceptors (Lipinski definition) is 6. The number of ether oxygens (including phenoxy) is 1. The molecule has 0 spiro atoms. The first kappa shape index (κ1) is 21.0. The lowest BCUT2D eigenvalue weighted by molar-refractivity contribution is -0.274. The Kier molecular flexibility index (Phi) is 5.30. The molecular formula is C16H18F3N5O4S. The second-order valence-corrected chi connectivity index (χ2v) is 9.29. The number of amides is 1. The number of aromatic amines is 1. The number of anilines is 1. The topological polar surface area (TPSA) is 117 Å². The van der Waals surface area contributed by atoms with E-state index in [1.165, 1.54) is 30.3 Å². The average molecular weight is 433 g/mol. The summed E-state index contributed by atoms with van der Waals surface area (Å²) in [5.74, 6) is -1.19. The van der Waals surface area contributed by atoms with E-state index < -0.39 is 32.8 Å². The maximum atomic E-state index is 12.5. The molecule has 1 aliphatic heterocycles. The molecule has 1 aromatic heterocycles. The Morgan fingerprint density at radius 2 is 1.83 bits per heavy atom. The Morgan fingerprint density at radius 3 is 2.34 bits per heavy atom. The normalized spacial score (nSPS) is 15.6. The Hall–Kier alpha value is -2.67. The minimum Gasteiger partial charge on any atom is -0.406 e. The lowest BCUT2D eigenvalue weighted by Gasteiger charge is -2.36. The maximum Gasteiger partial charge on any atom is 0.573 e. The predicted octanol–water partition coefficient (Wildman–Crippen LogP) is 2.12. The fourth-order valence-electron chi connectivity index (χ4n) is 2.48. The zero-order valence-corrected chi connectivity index (χ0v) is 16.3. The molecule has 29 heavy (non-hydrogen) atoms. The van der Waals surface area contributed by atoms with Gasteiger partial charge in [-0.15, -0.1) is 18.3 Å². The number of aromatic nitrogens is 3. The van der Waals surface area contributed by atoms with E-state index in [0.717, 1.165) is 18.6 Å². The second-order valence-electron chi connectivity index (χ2n) is 6.80. The molecule has 9 nitrogen and oxygen atoms in total. The molecule has 0 saturated carbocycles. The van der Waals surface area contributed by atoms with Crippen LogP contribution in [0.5, 0.6) is 5.75 Å². The smallest absolute Gasteiger partial charge is 0.406 e. The molecule has 2 heterocycles. The van der Waals surface area contributed by atoms with Gasteiger partial charge in [0.15, 0.2) is 10.6 Å². The summed E-state index contributed by atoms with van der Waals surface area (Å²) in [6, 6.07) is 4.86. The third-order valence-corrected chi connectivity index (χ3v) is 6.94. The zero-order chi connectivity index (χ0) is 21.4. The Morgan fingerprint density at radius 1 is 1.21 bits per heavy atom. The highest BCUT2D eigenvalue weighted by Crippen LogP contribution is 2.28. The van der Waals surface area contributed by atoms with Gasteiger partial charge in [-0.05, 0) is 44.5 Å². The first-order valence-corrected chi connectivity index (χ1v) is 9.94. The standard InChI is InChI=1S/C16H18F3N5O4S/c1-15(2,29(26,27)24-8-3-9-24)13(25)21-14-20-12(22-23-14)10-4-6-11(7-5-10)28-16(17,18)19/h4-7H,3,8-9H2,1-2H3,(H2,20,21,22,23,25). The predicted molar refractivity (Wildman–Crippen MR) is 96.3 cm³/mol. The van der Waals surface area contributed by atoms with E-state index in [2.05, 4.69) is 25.2 Å². The third-order valence-electron chi connectivity index (χ3n) is 4.42. The highest BCUT2D eigenvalue weighted by atomic mass is 32.2. The molecule has 1 saturated heterocycles. The van der Waals surface area contributed by atoms with Crippen molar-refractivity contribution in [3.63, 3.8) is 0 Å². The largest absolute Gasteiger partial charge is 0.573 e. The van der Waals surface area contributed by atoms with Crippen LogP contribution in [0.3, 0.4) is 0 Å². The van der Waals surface area contributed by atoms with Crippen LogP contribution in [0.4, 0.5) is 19.1 Å². The highest BCUT2D eigenvalue weighted by molar-refractivity contribution is 7.91. The maximum absolute atomic E-state index is 12.5. The van der Waals surface area contributed by atoms with Gasteiger partial charge < -0.3 is 4.74 Å². The van der Waals surface area contributed by atoms with Gasteiger partial charge in [0.1, 0.15) is 5.75 Å². The van der Waals surface area contributed by atoms with Gasteiger partial charge in [-0.2, -0.15) is 4.98 Å². The van der Waals surface area contributed by atoms with Crippen LogP contribution >= 0.6 is 0 Å². The van der Waals surface area contributed by atoms with Crippen LogP contribution < -0.4 is 10.1 Å². The minimum atomic E-state index is -4.80. The van der Waals surface area contributed by atoms with Gasteiger partial charge in [0, 0.05) is 18.7 Å². The summed E-state index contributed by atoms with van der Waals surface area (Å²) in [5.41, 5.74) is 0.389. The number of carbonyl (C=O) groups excluding carboxylic acids is 1. The molecular weight excluding hydrogens is 415 g/mol. The van der Waals surface area contributed by atoms with Gasteiger partial charge in [-0.3, -0.25) is 15.2 Å². The van der Waals surface area contributed by atoms with Crippen LogP contribution in [-0.2, 0) is 14.8 Å². The lowest BCUT2D eigenvalue weighted by atomic mass is 10.2.